The molecule has 1 atom stereocenters. The second kappa shape index (κ2) is 13.8. The minimum atomic E-state index is -4.76. The molecule has 2 aromatic heterocycles. The van der Waals surface area contributed by atoms with Crippen molar-refractivity contribution in [1.82, 2.24) is 29.5 Å². The number of rotatable bonds is 9. The number of pyridine rings is 1. The van der Waals surface area contributed by atoms with Crippen LogP contribution in [0.2, 0.25) is 0 Å². The Balaban J connectivity index is 1.32. The predicted octanol–water partition coefficient (Wildman–Crippen LogP) is 6.81. The number of hydrogen-bond acceptors (Lipinski definition) is 8. The zero-order valence-electron chi connectivity index (χ0n) is 31.2. The molecule has 2 amide bonds. The molecule has 288 valence electrons. The van der Waals surface area contributed by atoms with Crippen molar-refractivity contribution in [1.29, 1.82) is 0 Å². The molecule has 2 aliphatic heterocycles. The van der Waals surface area contributed by atoms with Crippen molar-refractivity contribution in [2.24, 2.45) is 13.0 Å². The van der Waals surface area contributed by atoms with E-state index in [2.05, 4.69) is 20.5 Å². The summed E-state index contributed by atoms with van der Waals surface area (Å²) in [5.74, 6) is -2.63. The Morgan fingerprint density at radius 2 is 1.81 bits per heavy atom. The molecule has 16 heteroatoms. The molecule has 53 heavy (non-hydrogen) atoms. The van der Waals surface area contributed by atoms with Crippen molar-refractivity contribution in [3.8, 4) is 0 Å². The van der Waals surface area contributed by atoms with Gasteiger partial charge in [-0.2, -0.15) is 13.2 Å². The van der Waals surface area contributed by atoms with Crippen molar-refractivity contribution in [3.63, 3.8) is 0 Å². The van der Waals surface area contributed by atoms with Crippen LogP contribution in [0.4, 0.5) is 38.4 Å². The van der Waals surface area contributed by atoms with Gasteiger partial charge in [-0.3, -0.25) is 14.6 Å². The van der Waals surface area contributed by atoms with E-state index in [1.165, 1.54) is 17.3 Å². The molecule has 1 aromatic carbocycles. The van der Waals surface area contributed by atoms with Crippen LogP contribution in [0.25, 0.3) is 0 Å². The standard InChI is InChI=1S/C37H47F5N8O3/c1-8-43-29-13-24(35(19-36(38,39)20-35)15-31-46-44-21-47(31)7)14-30(45-29)50-17-26-25(32(50)51)11-23(12-27(26)37(40,41)42)16-48-9-10-49(18-28(48)22(2)3)33(52)53-34(4,5)6/h11-14,21-22,28H,8-10,15-20H2,1-7H3,(H,43,45)/t28-/m1/s1. The smallest absolute Gasteiger partial charge is 0.416 e. The Labute approximate surface area is 305 Å². The third-order valence-corrected chi connectivity index (χ3v) is 10.3. The Hall–Kier alpha value is -4.34. The van der Waals surface area contributed by atoms with E-state index in [4.69, 9.17) is 4.74 Å². The van der Waals surface area contributed by atoms with Crippen LogP contribution in [0.15, 0.2) is 30.6 Å². The quantitative estimate of drug-likeness (QED) is 0.238. The fraction of sp³-hybridized carbons (Fsp3) is 0.595. The molecular weight excluding hydrogens is 699 g/mol. The molecule has 1 aliphatic carbocycles. The van der Waals surface area contributed by atoms with Gasteiger partial charge in [0, 0.05) is 76.1 Å². The van der Waals surface area contributed by atoms with Gasteiger partial charge in [0.2, 0.25) is 5.92 Å². The van der Waals surface area contributed by atoms with Crippen LogP contribution >= 0.6 is 0 Å². The van der Waals surface area contributed by atoms with Crippen molar-refractivity contribution >= 4 is 23.6 Å². The lowest BCUT2D eigenvalue weighted by Gasteiger charge is -2.48. The van der Waals surface area contributed by atoms with Gasteiger partial charge < -0.3 is 19.5 Å². The monoisotopic (exact) mass is 746 g/mol. The molecule has 2 fully saturated rings. The minimum Gasteiger partial charge on any atom is -0.444 e. The zero-order chi connectivity index (χ0) is 38.7. The average Bonchev–Trinajstić information content (AvgIpc) is 3.60. The van der Waals surface area contributed by atoms with E-state index < -0.39 is 53.5 Å². The van der Waals surface area contributed by atoms with Gasteiger partial charge in [-0.15, -0.1) is 10.2 Å². The van der Waals surface area contributed by atoms with Gasteiger partial charge in [-0.05, 0) is 74.6 Å². The third-order valence-electron chi connectivity index (χ3n) is 10.3. The van der Waals surface area contributed by atoms with Gasteiger partial charge in [0.1, 0.15) is 29.4 Å². The number of benzene rings is 1. The molecule has 0 spiro atoms. The van der Waals surface area contributed by atoms with Crippen molar-refractivity contribution in [3.05, 3.63) is 64.2 Å². The Kier molecular flexibility index (Phi) is 10.0. The van der Waals surface area contributed by atoms with Crippen LogP contribution in [0, 0.1) is 5.92 Å². The molecule has 0 radical (unpaired) electrons. The maximum Gasteiger partial charge on any atom is 0.416 e. The molecule has 3 aliphatic rings. The number of nitrogens with one attached hydrogen (secondary N) is 1. The van der Waals surface area contributed by atoms with Crippen LogP contribution in [-0.2, 0) is 42.9 Å². The summed E-state index contributed by atoms with van der Waals surface area (Å²) in [4.78, 5) is 36.4. The van der Waals surface area contributed by atoms with E-state index >= 15 is 0 Å². The first-order chi connectivity index (χ1) is 24.7. The summed E-state index contributed by atoms with van der Waals surface area (Å²) in [6, 6.07) is 5.66. The van der Waals surface area contributed by atoms with Crippen molar-refractivity contribution < 1.29 is 36.3 Å². The molecular formula is C37H47F5N8O3. The number of hydrogen-bond donors (Lipinski definition) is 1. The highest BCUT2D eigenvalue weighted by Crippen LogP contribution is 2.55. The molecule has 1 saturated heterocycles. The lowest BCUT2D eigenvalue weighted by atomic mass is 9.60. The zero-order valence-corrected chi connectivity index (χ0v) is 31.2. The first kappa shape index (κ1) is 38.4. The fourth-order valence-electron chi connectivity index (χ4n) is 7.77. The third kappa shape index (κ3) is 7.97. The second-order valence-electron chi connectivity index (χ2n) is 15.9. The average molecular weight is 747 g/mol. The largest absolute Gasteiger partial charge is 0.444 e. The fourth-order valence-corrected chi connectivity index (χ4v) is 7.77. The summed E-state index contributed by atoms with van der Waals surface area (Å²) in [7, 11) is 1.72. The van der Waals surface area contributed by atoms with Crippen LogP contribution < -0.4 is 10.2 Å². The number of ether oxygens (including phenoxy) is 1. The summed E-state index contributed by atoms with van der Waals surface area (Å²) in [6.07, 6.45) is -4.51. The number of alkyl halides is 5. The maximum atomic E-state index is 14.8. The number of anilines is 2. The van der Waals surface area contributed by atoms with Gasteiger partial charge in [0.15, 0.2) is 0 Å². The van der Waals surface area contributed by atoms with Crippen LogP contribution in [0.5, 0.6) is 0 Å². The van der Waals surface area contributed by atoms with Gasteiger partial charge in [-0.25, -0.2) is 18.6 Å². The number of aromatic nitrogens is 4. The summed E-state index contributed by atoms with van der Waals surface area (Å²) in [6.45, 7) is 12.4. The van der Waals surface area contributed by atoms with Crippen molar-refractivity contribution in [2.75, 3.05) is 36.4 Å². The topological polar surface area (TPSA) is 109 Å². The normalized spacial score (nSPS) is 20.1. The maximum absolute atomic E-state index is 14.8. The highest BCUT2D eigenvalue weighted by Gasteiger charge is 2.58. The summed E-state index contributed by atoms with van der Waals surface area (Å²) in [5.41, 5.74) is -2.08. The van der Waals surface area contributed by atoms with Crippen LogP contribution in [0.3, 0.4) is 0 Å². The highest BCUT2D eigenvalue weighted by molar-refractivity contribution is 6.10. The Bertz CT molecular complexity index is 1860. The van der Waals surface area contributed by atoms with Gasteiger partial charge in [0.05, 0.1) is 12.1 Å². The van der Waals surface area contributed by atoms with E-state index in [1.807, 2.05) is 25.7 Å². The van der Waals surface area contributed by atoms with E-state index in [1.54, 1.807) is 49.4 Å². The van der Waals surface area contributed by atoms with E-state index in [0.717, 1.165) is 6.07 Å². The highest BCUT2D eigenvalue weighted by atomic mass is 19.4. The van der Waals surface area contributed by atoms with Gasteiger partial charge >= 0.3 is 12.3 Å². The molecule has 0 bridgehead atoms. The molecule has 0 unspecified atom stereocenters. The molecule has 4 heterocycles. The lowest BCUT2D eigenvalue weighted by molar-refractivity contribution is -0.138. The summed E-state index contributed by atoms with van der Waals surface area (Å²) >= 11 is 0. The molecule has 6 rings (SSSR count). The molecule has 1 N–H and O–H groups in total. The number of piperazine rings is 1. The molecule has 11 nitrogen and oxygen atoms in total. The van der Waals surface area contributed by atoms with Gasteiger partial charge in [-0.1, -0.05) is 13.8 Å². The van der Waals surface area contributed by atoms with Gasteiger partial charge in [0.25, 0.3) is 5.91 Å². The Morgan fingerprint density at radius 3 is 2.40 bits per heavy atom. The Morgan fingerprint density at radius 1 is 1.09 bits per heavy atom. The van der Waals surface area contributed by atoms with Crippen molar-refractivity contribution in [2.45, 2.75) is 103 Å². The first-order valence-corrected chi connectivity index (χ1v) is 17.9. The number of amides is 2. The number of halogens is 5. The van der Waals surface area contributed by atoms with E-state index in [0.29, 0.717) is 48.9 Å². The lowest BCUT2D eigenvalue weighted by Crippen LogP contribution is -2.56. The van der Waals surface area contributed by atoms with Crippen LogP contribution in [0.1, 0.15) is 92.8 Å². The number of carbonyl (C=O) groups is 2. The SMILES string of the molecule is CCNc1cc(C2(Cc3nncn3C)CC(F)(F)C2)cc(N2Cc3c(cc(CN4CCN(C(=O)OC(C)(C)C)C[C@@H]4C(C)C)cc3C(F)(F)F)C2=O)n1. The predicted molar refractivity (Wildman–Crippen MR) is 188 cm³/mol. The van der Waals surface area contributed by atoms with Crippen LogP contribution in [-0.4, -0.2) is 85.3 Å². The number of carbonyl (C=O) groups excluding carboxylic acids is 2. The van der Waals surface area contributed by atoms with E-state index in [-0.39, 0.29) is 48.4 Å². The molecule has 3 aromatic rings. The number of aryl methyl sites for hydroxylation is 1. The second-order valence-corrected chi connectivity index (χ2v) is 15.9. The van der Waals surface area contributed by atoms with E-state index in [9.17, 15) is 31.5 Å². The number of fused-ring (bicyclic) bond motifs is 1. The first-order valence-electron chi connectivity index (χ1n) is 17.9. The minimum absolute atomic E-state index is 0.0609. The summed E-state index contributed by atoms with van der Waals surface area (Å²) in [5, 5.41) is 11.1. The summed E-state index contributed by atoms with van der Waals surface area (Å²) < 4.78 is 80.7. The molecule has 1 saturated carbocycles. The number of nitrogens with zero attached hydrogens (tertiary/aromatic N) is 7.